The maximum absolute atomic E-state index is 12.9. The van der Waals surface area contributed by atoms with Gasteiger partial charge in [0.1, 0.15) is 0 Å². The van der Waals surface area contributed by atoms with Crippen molar-refractivity contribution in [2.45, 2.75) is 51.1 Å². The predicted molar refractivity (Wildman–Crippen MR) is 99.3 cm³/mol. The van der Waals surface area contributed by atoms with Crippen LogP contribution in [0.15, 0.2) is 18.2 Å². The van der Waals surface area contributed by atoms with E-state index in [0.717, 1.165) is 18.4 Å². The molecule has 4 rings (SSSR count). The summed E-state index contributed by atoms with van der Waals surface area (Å²) in [6, 6.07) is 5.88. The molecule has 1 atom stereocenters. The Bertz CT molecular complexity index is 698. The van der Waals surface area contributed by atoms with Gasteiger partial charge in [0.15, 0.2) is 0 Å². The van der Waals surface area contributed by atoms with E-state index >= 15 is 0 Å². The van der Waals surface area contributed by atoms with Crippen LogP contribution < -0.4 is 10.6 Å². The minimum Gasteiger partial charge on any atom is -0.377 e. The summed E-state index contributed by atoms with van der Waals surface area (Å²) in [6.45, 7) is 3.77. The molecule has 1 unspecified atom stereocenters. The van der Waals surface area contributed by atoms with Crippen LogP contribution in [0.3, 0.4) is 0 Å². The van der Waals surface area contributed by atoms with Crippen molar-refractivity contribution >= 4 is 17.6 Å². The number of ether oxygens (including phenoxy) is 1. The van der Waals surface area contributed by atoms with Gasteiger partial charge in [-0.3, -0.25) is 4.79 Å². The third kappa shape index (κ3) is 3.70. The van der Waals surface area contributed by atoms with Crippen molar-refractivity contribution < 1.29 is 14.3 Å². The molecule has 1 aromatic carbocycles. The van der Waals surface area contributed by atoms with Gasteiger partial charge in [0, 0.05) is 23.8 Å². The first-order valence-electron chi connectivity index (χ1n) is 9.68. The number of urea groups is 1. The molecule has 1 aromatic rings. The number of hydrogen-bond donors (Lipinski definition) is 2. The number of nitrogens with zero attached hydrogens (tertiary/aromatic N) is 1. The standard InChI is InChI=1S/C20H27N3O3/c1-13-5-6-15(19(24)21-16-7-8-16)11-17(13)22-20(25)23-9-10-26-12-18(23)14-3-2-4-14/h5-6,11,14,16,18H,2-4,7-10,12H2,1H3,(H,21,24)(H,22,25). The van der Waals surface area contributed by atoms with E-state index in [1.807, 2.05) is 24.0 Å². The van der Waals surface area contributed by atoms with E-state index in [2.05, 4.69) is 10.6 Å². The lowest BCUT2D eigenvalue weighted by Gasteiger charge is -2.43. The van der Waals surface area contributed by atoms with Crippen molar-refractivity contribution in [1.82, 2.24) is 10.2 Å². The number of nitrogens with one attached hydrogen (secondary N) is 2. The minimum absolute atomic E-state index is 0.0679. The SMILES string of the molecule is Cc1ccc(C(=O)NC2CC2)cc1NC(=O)N1CCOCC1C1CCC1. The Hall–Kier alpha value is -2.08. The van der Waals surface area contributed by atoms with Gasteiger partial charge in [-0.1, -0.05) is 12.5 Å². The van der Waals surface area contributed by atoms with Crippen LogP contribution in [-0.2, 0) is 4.74 Å². The molecular formula is C20H27N3O3. The van der Waals surface area contributed by atoms with Crippen molar-refractivity contribution in [3.63, 3.8) is 0 Å². The van der Waals surface area contributed by atoms with Crippen LogP contribution >= 0.6 is 0 Å². The smallest absolute Gasteiger partial charge is 0.322 e. The summed E-state index contributed by atoms with van der Waals surface area (Å²) in [5, 5.41) is 6.02. The fourth-order valence-electron chi connectivity index (χ4n) is 3.67. The highest BCUT2D eigenvalue weighted by atomic mass is 16.5. The van der Waals surface area contributed by atoms with Crippen molar-refractivity contribution in [2.24, 2.45) is 5.92 Å². The average molecular weight is 357 g/mol. The van der Waals surface area contributed by atoms with Crippen molar-refractivity contribution in [3.05, 3.63) is 29.3 Å². The molecule has 0 spiro atoms. The van der Waals surface area contributed by atoms with Gasteiger partial charge < -0.3 is 20.3 Å². The van der Waals surface area contributed by atoms with Crippen LogP contribution in [0.25, 0.3) is 0 Å². The maximum Gasteiger partial charge on any atom is 0.322 e. The highest BCUT2D eigenvalue weighted by molar-refractivity contribution is 5.97. The summed E-state index contributed by atoms with van der Waals surface area (Å²) in [4.78, 5) is 27.1. The summed E-state index contributed by atoms with van der Waals surface area (Å²) < 4.78 is 5.61. The number of amides is 3. The van der Waals surface area contributed by atoms with E-state index in [1.165, 1.54) is 19.3 Å². The number of aryl methyl sites for hydroxylation is 1. The second kappa shape index (κ2) is 7.27. The molecule has 2 saturated carbocycles. The molecule has 6 heteroatoms. The summed E-state index contributed by atoms with van der Waals surface area (Å²) in [6.07, 6.45) is 5.71. The van der Waals surface area contributed by atoms with Crippen LogP contribution in [0, 0.1) is 12.8 Å². The zero-order valence-electron chi connectivity index (χ0n) is 15.3. The molecule has 2 aliphatic carbocycles. The first-order chi connectivity index (χ1) is 12.6. The van der Waals surface area contributed by atoms with Crippen LogP contribution in [0.1, 0.15) is 48.0 Å². The van der Waals surface area contributed by atoms with Gasteiger partial charge in [0.05, 0.1) is 19.3 Å². The monoisotopic (exact) mass is 357 g/mol. The second-order valence-corrected chi connectivity index (χ2v) is 7.73. The Morgan fingerprint density at radius 3 is 2.69 bits per heavy atom. The summed E-state index contributed by atoms with van der Waals surface area (Å²) in [7, 11) is 0. The first-order valence-corrected chi connectivity index (χ1v) is 9.68. The van der Waals surface area contributed by atoms with Gasteiger partial charge in [-0.15, -0.1) is 0 Å². The van der Waals surface area contributed by atoms with Gasteiger partial charge in [-0.25, -0.2) is 4.79 Å². The molecule has 1 heterocycles. The number of anilines is 1. The summed E-state index contributed by atoms with van der Waals surface area (Å²) >= 11 is 0. The number of benzene rings is 1. The number of carbonyl (C=O) groups excluding carboxylic acids is 2. The third-order valence-corrected chi connectivity index (χ3v) is 5.77. The molecule has 3 fully saturated rings. The zero-order valence-corrected chi connectivity index (χ0v) is 15.3. The highest BCUT2D eigenvalue weighted by Crippen LogP contribution is 2.34. The van der Waals surface area contributed by atoms with E-state index < -0.39 is 0 Å². The topological polar surface area (TPSA) is 70.7 Å². The van der Waals surface area contributed by atoms with Crippen molar-refractivity contribution in [3.8, 4) is 0 Å². The molecule has 0 bridgehead atoms. The Labute approximate surface area is 154 Å². The largest absolute Gasteiger partial charge is 0.377 e. The molecule has 3 aliphatic rings. The molecule has 6 nitrogen and oxygen atoms in total. The normalized spacial score (nSPS) is 23.3. The van der Waals surface area contributed by atoms with E-state index in [1.54, 1.807) is 6.07 Å². The Balaban J connectivity index is 1.46. The molecule has 1 saturated heterocycles. The van der Waals surface area contributed by atoms with E-state index in [0.29, 0.717) is 43.0 Å². The van der Waals surface area contributed by atoms with E-state index in [-0.39, 0.29) is 18.0 Å². The van der Waals surface area contributed by atoms with Crippen LogP contribution in [-0.4, -0.2) is 48.7 Å². The molecule has 0 radical (unpaired) electrons. The number of rotatable bonds is 4. The Morgan fingerprint density at radius 2 is 2.00 bits per heavy atom. The quantitative estimate of drug-likeness (QED) is 0.870. The Kier molecular flexibility index (Phi) is 4.85. The average Bonchev–Trinajstić information content (AvgIpc) is 3.39. The predicted octanol–water partition coefficient (Wildman–Crippen LogP) is 2.92. The van der Waals surface area contributed by atoms with E-state index in [4.69, 9.17) is 4.74 Å². The lowest BCUT2D eigenvalue weighted by molar-refractivity contribution is -0.0216. The lowest BCUT2D eigenvalue weighted by Crippen LogP contribution is -2.54. The zero-order chi connectivity index (χ0) is 18.1. The molecule has 26 heavy (non-hydrogen) atoms. The Morgan fingerprint density at radius 1 is 1.19 bits per heavy atom. The molecule has 3 amide bonds. The first kappa shape index (κ1) is 17.3. The molecule has 1 aliphatic heterocycles. The fraction of sp³-hybridized carbons (Fsp3) is 0.600. The van der Waals surface area contributed by atoms with Crippen molar-refractivity contribution in [1.29, 1.82) is 0 Å². The van der Waals surface area contributed by atoms with Crippen LogP contribution in [0.4, 0.5) is 10.5 Å². The van der Waals surface area contributed by atoms with Gasteiger partial charge >= 0.3 is 6.03 Å². The lowest BCUT2D eigenvalue weighted by atomic mass is 9.79. The number of hydrogen-bond acceptors (Lipinski definition) is 3. The molecule has 140 valence electrons. The number of morpholine rings is 1. The minimum atomic E-state index is -0.0898. The molecular weight excluding hydrogens is 330 g/mol. The van der Waals surface area contributed by atoms with E-state index in [9.17, 15) is 9.59 Å². The molecule has 0 aromatic heterocycles. The summed E-state index contributed by atoms with van der Waals surface area (Å²) in [5.74, 6) is 0.486. The summed E-state index contributed by atoms with van der Waals surface area (Å²) in [5.41, 5.74) is 2.25. The van der Waals surface area contributed by atoms with Gasteiger partial charge in [-0.2, -0.15) is 0 Å². The van der Waals surface area contributed by atoms with Gasteiger partial charge in [0.2, 0.25) is 0 Å². The highest BCUT2D eigenvalue weighted by Gasteiger charge is 2.36. The maximum atomic E-state index is 12.9. The second-order valence-electron chi connectivity index (χ2n) is 7.73. The number of carbonyl (C=O) groups is 2. The van der Waals surface area contributed by atoms with Gasteiger partial charge in [-0.05, 0) is 56.2 Å². The fourth-order valence-corrected chi connectivity index (χ4v) is 3.67. The van der Waals surface area contributed by atoms with Crippen LogP contribution in [0.2, 0.25) is 0 Å². The third-order valence-electron chi connectivity index (χ3n) is 5.77. The van der Waals surface area contributed by atoms with Gasteiger partial charge in [0.25, 0.3) is 5.91 Å². The molecule has 2 N–H and O–H groups in total. The van der Waals surface area contributed by atoms with Crippen LogP contribution in [0.5, 0.6) is 0 Å². The van der Waals surface area contributed by atoms with Crippen molar-refractivity contribution in [2.75, 3.05) is 25.1 Å².